The van der Waals surface area contributed by atoms with Crippen molar-refractivity contribution in [2.75, 3.05) is 0 Å². The van der Waals surface area contributed by atoms with E-state index in [9.17, 15) is 5.11 Å². The molecule has 1 rings (SSSR count). The minimum Gasteiger partial charge on any atom is -0.393 e. The molecule has 0 aliphatic carbocycles. The monoisotopic (exact) mass is 274 g/mol. The van der Waals surface area contributed by atoms with Crippen molar-refractivity contribution < 1.29 is 5.11 Å². The third-order valence-corrected chi connectivity index (χ3v) is 3.29. The number of hydrogen-bond acceptors (Lipinski definition) is 1. The first-order valence-electron chi connectivity index (χ1n) is 5.90. The lowest BCUT2D eigenvalue weighted by atomic mass is 9.88. The molecule has 0 heterocycles. The Balaban J connectivity index is 2.56. The van der Waals surface area contributed by atoms with Crippen LogP contribution in [0.2, 0.25) is 10.0 Å². The van der Waals surface area contributed by atoms with Crippen molar-refractivity contribution in [1.29, 1.82) is 0 Å². The van der Waals surface area contributed by atoms with Crippen molar-refractivity contribution in [3.8, 4) is 0 Å². The molecule has 0 spiro atoms. The highest BCUT2D eigenvalue weighted by Crippen LogP contribution is 2.25. The Kier molecular flexibility index (Phi) is 5.30. The fourth-order valence-electron chi connectivity index (χ4n) is 1.66. The van der Waals surface area contributed by atoms with Crippen LogP contribution in [0, 0.1) is 5.41 Å². The lowest BCUT2D eigenvalue weighted by molar-refractivity contribution is 0.146. The van der Waals surface area contributed by atoms with Gasteiger partial charge in [0.25, 0.3) is 0 Å². The van der Waals surface area contributed by atoms with E-state index >= 15 is 0 Å². The topological polar surface area (TPSA) is 20.2 Å². The van der Waals surface area contributed by atoms with Crippen LogP contribution in [0.15, 0.2) is 18.2 Å². The molecule has 1 nitrogen and oxygen atoms in total. The Hall–Kier alpha value is -0.240. The van der Waals surface area contributed by atoms with Gasteiger partial charge in [0, 0.05) is 10.0 Å². The van der Waals surface area contributed by atoms with Gasteiger partial charge in [0.15, 0.2) is 0 Å². The summed E-state index contributed by atoms with van der Waals surface area (Å²) in [6.07, 6.45) is 1.99. The predicted octanol–water partition coefficient (Wildman–Crippen LogP) is 4.72. The maximum absolute atomic E-state index is 9.98. The summed E-state index contributed by atoms with van der Waals surface area (Å²) in [5, 5.41) is 11.3. The molecule has 0 bridgehead atoms. The van der Waals surface area contributed by atoms with Crippen LogP contribution in [0.25, 0.3) is 0 Å². The summed E-state index contributed by atoms with van der Waals surface area (Å²) in [4.78, 5) is 0. The Morgan fingerprint density at radius 2 is 1.88 bits per heavy atom. The second-order valence-electron chi connectivity index (χ2n) is 5.69. The van der Waals surface area contributed by atoms with E-state index in [0.717, 1.165) is 18.4 Å². The van der Waals surface area contributed by atoms with Gasteiger partial charge in [-0.1, -0.05) is 44.0 Å². The molecule has 0 aromatic heterocycles. The number of aliphatic hydroxyl groups is 1. The molecular formula is C14H20Cl2O. The molecule has 0 saturated heterocycles. The van der Waals surface area contributed by atoms with Crippen molar-refractivity contribution in [1.82, 2.24) is 0 Å². The van der Waals surface area contributed by atoms with Crippen molar-refractivity contribution in [2.45, 2.75) is 46.1 Å². The summed E-state index contributed by atoms with van der Waals surface area (Å²) in [6.45, 7) is 6.52. The minimum atomic E-state index is -0.356. The summed E-state index contributed by atoms with van der Waals surface area (Å²) in [5.41, 5.74) is 1.17. The van der Waals surface area contributed by atoms with Crippen LogP contribution in [-0.4, -0.2) is 11.2 Å². The van der Waals surface area contributed by atoms with Crippen LogP contribution in [0.1, 0.15) is 39.2 Å². The predicted molar refractivity (Wildman–Crippen MR) is 74.9 cm³/mol. The lowest BCUT2D eigenvalue weighted by Crippen LogP contribution is -2.15. The smallest absolute Gasteiger partial charge is 0.0581 e. The molecule has 3 heteroatoms. The van der Waals surface area contributed by atoms with Gasteiger partial charge in [-0.2, -0.15) is 0 Å². The Labute approximate surface area is 114 Å². The van der Waals surface area contributed by atoms with E-state index in [1.165, 1.54) is 0 Å². The highest BCUT2D eigenvalue weighted by Gasteiger charge is 2.15. The standard InChI is InChI=1S/C14H20Cl2O/c1-14(2,3)7-6-12(17)9-10-8-11(15)4-5-13(10)16/h4-5,8,12,17H,6-7,9H2,1-3H3. The molecule has 0 saturated carbocycles. The number of halogens is 2. The highest BCUT2D eigenvalue weighted by molar-refractivity contribution is 6.33. The molecule has 0 amide bonds. The average Bonchev–Trinajstić information content (AvgIpc) is 2.20. The van der Waals surface area contributed by atoms with Crippen LogP contribution < -0.4 is 0 Å². The zero-order valence-electron chi connectivity index (χ0n) is 10.6. The largest absolute Gasteiger partial charge is 0.393 e. The van der Waals surface area contributed by atoms with E-state index in [0.29, 0.717) is 16.5 Å². The first-order chi connectivity index (χ1) is 7.78. The van der Waals surface area contributed by atoms with Crippen LogP contribution in [0.5, 0.6) is 0 Å². The van der Waals surface area contributed by atoms with Crippen molar-refractivity contribution >= 4 is 23.2 Å². The molecule has 17 heavy (non-hydrogen) atoms. The molecular weight excluding hydrogens is 255 g/mol. The van der Waals surface area contributed by atoms with E-state index in [-0.39, 0.29) is 11.5 Å². The molecule has 1 N–H and O–H groups in total. The first kappa shape index (κ1) is 14.8. The van der Waals surface area contributed by atoms with Crippen LogP contribution in [0.4, 0.5) is 0 Å². The number of benzene rings is 1. The third-order valence-electron chi connectivity index (χ3n) is 2.69. The van der Waals surface area contributed by atoms with Gasteiger partial charge in [-0.3, -0.25) is 0 Å². The van der Waals surface area contributed by atoms with Crippen molar-refractivity contribution in [2.24, 2.45) is 5.41 Å². The van der Waals surface area contributed by atoms with E-state index in [1.54, 1.807) is 12.1 Å². The summed E-state index contributed by atoms with van der Waals surface area (Å²) < 4.78 is 0. The van der Waals surface area contributed by atoms with Gasteiger partial charge in [0.05, 0.1) is 6.10 Å². The molecule has 96 valence electrons. The zero-order valence-corrected chi connectivity index (χ0v) is 12.1. The third kappa shape index (κ3) is 5.76. The van der Waals surface area contributed by atoms with Gasteiger partial charge in [0.1, 0.15) is 0 Å². The normalized spacial score (nSPS) is 13.8. The van der Waals surface area contributed by atoms with E-state index in [2.05, 4.69) is 20.8 Å². The van der Waals surface area contributed by atoms with Gasteiger partial charge in [0.2, 0.25) is 0 Å². The second-order valence-corrected chi connectivity index (χ2v) is 6.54. The number of rotatable bonds is 4. The molecule has 1 atom stereocenters. The quantitative estimate of drug-likeness (QED) is 0.842. The van der Waals surface area contributed by atoms with Crippen molar-refractivity contribution in [3.05, 3.63) is 33.8 Å². The molecule has 0 radical (unpaired) electrons. The number of hydrogen-bond donors (Lipinski definition) is 1. The van der Waals surface area contributed by atoms with Gasteiger partial charge >= 0.3 is 0 Å². The van der Waals surface area contributed by atoms with Crippen molar-refractivity contribution in [3.63, 3.8) is 0 Å². The molecule has 0 aliphatic heterocycles. The Morgan fingerprint density at radius 3 is 2.47 bits per heavy atom. The maximum atomic E-state index is 9.98. The molecule has 0 aliphatic rings. The summed E-state index contributed by atoms with van der Waals surface area (Å²) >= 11 is 12.0. The number of aliphatic hydroxyl groups excluding tert-OH is 1. The van der Waals surface area contributed by atoms with Gasteiger partial charge in [-0.15, -0.1) is 0 Å². The van der Waals surface area contributed by atoms with E-state index < -0.39 is 0 Å². The SMILES string of the molecule is CC(C)(C)CCC(O)Cc1cc(Cl)ccc1Cl. The van der Waals surface area contributed by atoms with E-state index in [1.807, 2.05) is 6.07 Å². The lowest BCUT2D eigenvalue weighted by Gasteiger charge is -2.20. The summed E-state index contributed by atoms with van der Waals surface area (Å²) in [6, 6.07) is 5.36. The average molecular weight is 275 g/mol. The van der Waals surface area contributed by atoms with E-state index in [4.69, 9.17) is 23.2 Å². The second kappa shape index (κ2) is 6.08. The van der Waals surface area contributed by atoms with Gasteiger partial charge < -0.3 is 5.11 Å². The molecule has 1 aromatic carbocycles. The summed E-state index contributed by atoms with van der Waals surface area (Å²) in [7, 11) is 0. The van der Waals surface area contributed by atoms with Crippen LogP contribution in [0.3, 0.4) is 0 Å². The molecule has 0 fully saturated rings. The summed E-state index contributed by atoms with van der Waals surface area (Å²) in [5.74, 6) is 0. The molecule has 1 unspecified atom stereocenters. The zero-order chi connectivity index (χ0) is 13.1. The van der Waals surface area contributed by atoms with Gasteiger partial charge in [-0.25, -0.2) is 0 Å². The fourth-order valence-corrected chi connectivity index (χ4v) is 2.04. The van der Waals surface area contributed by atoms with Crippen LogP contribution >= 0.6 is 23.2 Å². The van der Waals surface area contributed by atoms with Gasteiger partial charge in [-0.05, 0) is 48.4 Å². The van der Waals surface area contributed by atoms with Crippen LogP contribution in [-0.2, 0) is 6.42 Å². The first-order valence-corrected chi connectivity index (χ1v) is 6.65. The highest BCUT2D eigenvalue weighted by atomic mass is 35.5. The maximum Gasteiger partial charge on any atom is 0.0581 e. The Morgan fingerprint density at radius 1 is 1.24 bits per heavy atom. The molecule has 1 aromatic rings. The Bertz CT molecular complexity index is 369. The minimum absolute atomic E-state index is 0.249. The fraction of sp³-hybridized carbons (Fsp3) is 0.571.